The van der Waals surface area contributed by atoms with Crippen LogP contribution in [0.1, 0.15) is 19.8 Å². The van der Waals surface area contributed by atoms with Gasteiger partial charge in [-0.3, -0.25) is 4.98 Å². The molecule has 0 bridgehead atoms. The highest BCUT2D eigenvalue weighted by atomic mass is 16.5. The van der Waals surface area contributed by atoms with Gasteiger partial charge >= 0.3 is 0 Å². The molecule has 21 heavy (non-hydrogen) atoms. The van der Waals surface area contributed by atoms with Gasteiger partial charge < -0.3 is 10.1 Å². The van der Waals surface area contributed by atoms with Gasteiger partial charge in [-0.1, -0.05) is 12.1 Å². The summed E-state index contributed by atoms with van der Waals surface area (Å²) in [6, 6.07) is 12.4. The molecule has 1 aliphatic heterocycles. The van der Waals surface area contributed by atoms with Crippen LogP contribution in [-0.4, -0.2) is 24.2 Å². The topological polar surface area (TPSA) is 34.1 Å². The molecule has 1 fully saturated rings. The summed E-state index contributed by atoms with van der Waals surface area (Å²) < 4.78 is 6.10. The lowest BCUT2D eigenvalue weighted by molar-refractivity contribution is 0.128. The average molecular weight is 282 g/mol. The van der Waals surface area contributed by atoms with Gasteiger partial charge in [-0.15, -0.1) is 0 Å². The number of nitrogens with one attached hydrogen (secondary N) is 1. The van der Waals surface area contributed by atoms with Crippen molar-refractivity contribution in [1.29, 1.82) is 0 Å². The minimum absolute atomic E-state index is 0.277. The highest BCUT2D eigenvalue weighted by molar-refractivity contribution is 5.63. The zero-order valence-electron chi connectivity index (χ0n) is 12.5. The van der Waals surface area contributed by atoms with Crippen molar-refractivity contribution >= 4 is 0 Å². The molecule has 1 saturated heterocycles. The quantitative estimate of drug-likeness (QED) is 0.931. The van der Waals surface area contributed by atoms with Gasteiger partial charge in [0, 0.05) is 12.4 Å². The lowest BCUT2D eigenvalue weighted by Gasteiger charge is -2.28. The minimum Gasteiger partial charge on any atom is -0.490 e. The van der Waals surface area contributed by atoms with Crippen LogP contribution in [0.25, 0.3) is 11.1 Å². The molecule has 0 spiro atoms. The van der Waals surface area contributed by atoms with E-state index >= 15 is 0 Å². The van der Waals surface area contributed by atoms with Crippen molar-refractivity contribution in [1.82, 2.24) is 10.3 Å². The fourth-order valence-electron chi connectivity index (χ4n) is 2.89. The first kappa shape index (κ1) is 14.1. The van der Waals surface area contributed by atoms with Crippen molar-refractivity contribution in [3.63, 3.8) is 0 Å². The number of benzene rings is 1. The van der Waals surface area contributed by atoms with E-state index in [0.717, 1.165) is 18.8 Å². The molecule has 1 aromatic heterocycles. The van der Waals surface area contributed by atoms with E-state index in [-0.39, 0.29) is 6.10 Å². The number of nitrogens with zero attached hydrogens (tertiary/aromatic N) is 1. The maximum Gasteiger partial charge on any atom is 0.119 e. The van der Waals surface area contributed by atoms with Crippen molar-refractivity contribution in [3.8, 4) is 16.9 Å². The van der Waals surface area contributed by atoms with Gasteiger partial charge in [0.1, 0.15) is 5.75 Å². The van der Waals surface area contributed by atoms with Crippen LogP contribution < -0.4 is 10.1 Å². The summed E-state index contributed by atoms with van der Waals surface area (Å²) >= 11 is 0. The lowest BCUT2D eigenvalue weighted by Crippen LogP contribution is -2.35. The lowest BCUT2D eigenvalue weighted by atomic mass is 9.93. The molecular formula is C18H22N2O. The predicted molar refractivity (Wildman–Crippen MR) is 85.4 cm³/mol. The van der Waals surface area contributed by atoms with E-state index in [0.29, 0.717) is 5.92 Å². The van der Waals surface area contributed by atoms with Crippen molar-refractivity contribution in [2.45, 2.75) is 25.9 Å². The van der Waals surface area contributed by atoms with Crippen LogP contribution >= 0.6 is 0 Å². The Kier molecular flexibility index (Phi) is 4.51. The highest BCUT2D eigenvalue weighted by Crippen LogP contribution is 2.25. The number of piperidine rings is 1. The Bertz CT molecular complexity index is 547. The van der Waals surface area contributed by atoms with Gasteiger partial charge in [0.05, 0.1) is 6.10 Å². The Morgan fingerprint density at radius 1 is 1.00 bits per heavy atom. The van der Waals surface area contributed by atoms with Crippen molar-refractivity contribution in [2.24, 2.45) is 5.92 Å². The van der Waals surface area contributed by atoms with E-state index in [2.05, 4.69) is 41.5 Å². The number of ether oxygens (including phenoxy) is 1. The normalized spacial score (nSPS) is 17.4. The van der Waals surface area contributed by atoms with E-state index in [1.807, 2.05) is 24.5 Å². The Hall–Kier alpha value is -1.87. The first-order chi connectivity index (χ1) is 10.3. The Labute approximate surface area is 126 Å². The minimum atomic E-state index is 0.277. The third-order valence-electron chi connectivity index (χ3n) is 4.24. The predicted octanol–water partition coefficient (Wildman–Crippen LogP) is 3.52. The summed E-state index contributed by atoms with van der Waals surface area (Å²) in [5.41, 5.74) is 2.38. The van der Waals surface area contributed by atoms with Crippen LogP contribution in [-0.2, 0) is 0 Å². The van der Waals surface area contributed by atoms with Crippen LogP contribution in [0.5, 0.6) is 5.75 Å². The maximum atomic E-state index is 6.10. The highest BCUT2D eigenvalue weighted by Gasteiger charge is 2.21. The number of aromatic nitrogens is 1. The third kappa shape index (κ3) is 3.61. The second kappa shape index (κ2) is 6.72. The molecule has 1 unspecified atom stereocenters. The van der Waals surface area contributed by atoms with Crippen molar-refractivity contribution in [2.75, 3.05) is 13.1 Å². The van der Waals surface area contributed by atoms with Gasteiger partial charge in [-0.25, -0.2) is 0 Å². The molecule has 0 amide bonds. The standard InChI is InChI=1S/C18H22N2O/c1-14(15-6-10-19-11-7-15)21-18-4-2-16(3-5-18)17-8-12-20-13-9-17/h2-5,8-9,12-15,19H,6-7,10-11H2,1H3. The molecular weight excluding hydrogens is 260 g/mol. The van der Waals surface area contributed by atoms with Gasteiger partial charge in [0.15, 0.2) is 0 Å². The van der Waals surface area contributed by atoms with Crippen LogP contribution in [0.15, 0.2) is 48.8 Å². The zero-order valence-corrected chi connectivity index (χ0v) is 12.5. The van der Waals surface area contributed by atoms with E-state index in [1.54, 1.807) is 0 Å². The summed E-state index contributed by atoms with van der Waals surface area (Å²) in [5.74, 6) is 1.62. The van der Waals surface area contributed by atoms with Gasteiger partial charge in [0.25, 0.3) is 0 Å². The maximum absolute atomic E-state index is 6.10. The second-order valence-corrected chi connectivity index (χ2v) is 5.67. The second-order valence-electron chi connectivity index (χ2n) is 5.67. The first-order valence-electron chi connectivity index (χ1n) is 7.71. The summed E-state index contributed by atoms with van der Waals surface area (Å²) in [5, 5.41) is 3.40. The molecule has 1 aliphatic rings. The summed E-state index contributed by atoms with van der Waals surface area (Å²) in [7, 11) is 0. The largest absolute Gasteiger partial charge is 0.490 e. The monoisotopic (exact) mass is 282 g/mol. The van der Waals surface area contributed by atoms with Gasteiger partial charge in [-0.2, -0.15) is 0 Å². The van der Waals surface area contributed by atoms with Crippen LogP contribution in [0.4, 0.5) is 0 Å². The SMILES string of the molecule is CC(Oc1ccc(-c2ccncc2)cc1)C1CCNCC1. The summed E-state index contributed by atoms with van der Waals surface area (Å²) in [4.78, 5) is 4.05. The third-order valence-corrected chi connectivity index (χ3v) is 4.24. The van der Waals surface area contributed by atoms with Crippen LogP contribution in [0.2, 0.25) is 0 Å². The average Bonchev–Trinajstić information content (AvgIpc) is 2.57. The number of hydrogen-bond acceptors (Lipinski definition) is 3. The molecule has 0 saturated carbocycles. The smallest absolute Gasteiger partial charge is 0.119 e. The molecule has 2 heterocycles. The van der Waals surface area contributed by atoms with E-state index in [4.69, 9.17) is 4.74 Å². The summed E-state index contributed by atoms with van der Waals surface area (Å²) in [6.07, 6.45) is 6.32. The first-order valence-corrected chi connectivity index (χ1v) is 7.71. The van der Waals surface area contributed by atoms with Crippen molar-refractivity contribution < 1.29 is 4.74 Å². The van der Waals surface area contributed by atoms with Crippen LogP contribution in [0, 0.1) is 5.92 Å². The molecule has 1 aromatic carbocycles. The van der Waals surface area contributed by atoms with E-state index in [9.17, 15) is 0 Å². The number of pyridine rings is 1. The fourth-order valence-corrected chi connectivity index (χ4v) is 2.89. The van der Waals surface area contributed by atoms with Gasteiger partial charge in [0.2, 0.25) is 0 Å². The van der Waals surface area contributed by atoms with Crippen molar-refractivity contribution in [3.05, 3.63) is 48.8 Å². The molecule has 1 N–H and O–H groups in total. The molecule has 2 aromatic rings. The molecule has 3 nitrogen and oxygen atoms in total. The molecule has 0 radical (unpaired) electrons. The Balaban J connectivity index is 1.64. The molecule has 0 aliphatic carbocycles. The van der Waals surface area contributed by atoms with E-state index in [1.165, 1.54) is 24.0 Å². The molecule has 3 heteroatoms. The Morgan fingerprint density at radius 3 is 2.29 bits per heavy atom. The fraction of sp³-hybridized carbons (Fsp3) is 0.389. The summed E-state index contributed by atoms with van der Waals surface area (Å²) in [6.45, 7) is 4.41. The Morgan fingerprint density at radius 2 is 1.62 bits per heavy atom. The van der Waals surface area contributed by atoms with E-state index < -0.39 is 0 Å². The molecule has 110 valence electrons. The van der Waals surface area contributed by atoms with Crippen LogP contribution in [0.3, 0.4) is 0 Å². The van der Waals surface area contributed by atoms with Gasteiger partial charge in [-0.05, 0) is 74.2 Å². The zero-order chi connectivity index (χ0) is 14.5. The molecule has 3 rings (SSSR count). The molecule has 1 atom stereocenters. The number of hydrogen-bond donors (Lipinski definition) is 1. The number of rotatable bonds is 4.